The molecule has 0 aromatic heterocycles. The average Bonchev–Trinajstić information content (AvgIpc) is 2.45. The van der Waals surface area contributed by atoms with Crippen molar-refractivity contribution in [1.29, 1.82) is 0 Å². The SMILES string of the molecule is CN1c2cc(Cl)c(N)cc2OC1C=O. The van der Waals surface area contributed by atoms with E-state index < -0.39 is 6.23 Å². The van der Waals surface area contributed by atoms with Gasteiger partial charge in [-0.25, -0.2) is 0 Å². The van der Waals surface area contributed by atoms with Gasteiger partial charge in [0, 0.05) is 13.1 Å². The number of nitrogen functional groups attached to an aromatic ring is 1. The molecule has 4 nitrogen and oxygen atoms in total. The molecule has 1 aliphatic rings. The van der Waals surface area contributed by atoms with Crippen molar-refractivity contribution in [3.8, 4) is 5.75 Å². The van der Waals surface area contributed by atoms with Crippen LogP contribution in [0.1, 0.15) is 0 Å². The molecule has 0 saturated heterocycles. The van der Waals surface area contributed by atoms with Crippen LogP contribution in [-0.4, -0.2) is 19.6 Å². The minimum absolute atomic E-state index is 0.449. The number of rotatable bonds is 1. The first-order valence-electron chi connectivity index (χ1n) is 4.07. The largest absolute Gasteiger partial charge is 0.461 e. The number of fused-ring (bicyclic) bond motifs is 1. The Balaban J connectivity index is 2.49. The predicted octanol–water partition coefficient (Wildman–Crippen LogP) is 1.28. The second-order valence-corrected chi connectivity index (χ2v) is 3.50. The quantitative estimate of drug-likeness (QED) is 0.563. The molecule has 0 radical (unpaired) electrons. The fourth-order valence-corrected chi connectivity index (χ4v) is 1.55. The number of halogens is 1. The number of aldehydes is 1. The maximum Gasteiger partial charge on any atom is 0.228 e. The molecule has 1 aromatic carbocycles. The Morgan fingerprint density at radius 1 is 1.64 bits per heavy atom. The molecule has 5 heteroatoms. The van der Waals surface area contributed by atoms with Gasteiger partial charge in [0.2, 0.25) is 6.23 Å². The first kappa shape index (κ1) is 9.15. The second kappa shape index (κ2) is 3.06. The first-order valence-corrected chi connectivity index (χ1v) is 4.45. The third kappa shape index (κ3) is 1.19. The van der Waals surface area contributed by atoms with E-state index in [1.54, 1.807) is 24.1 Å². The Bertz CT molecular complexity index is 395. The van der Waals surface area contributed by atoms with Crippen LogP contribution in [0, 0.1) is 0 Å². The summed E-state index contributed by atoms with van der Waals surface area (Å²) in [5.41, 5.74) is 6.83. The van der Waals surface area contributed by atoms with E-state index in [9.17, 15) is 4.79 Å². The second-order valence-electron chi connectivity index (χ2n) is 3.10. The van der Waals surface area contributed by atoms with Crippen molar-refractivity contribution in [2.75, 3.05) is 17.7 Å². The molecule has 1 atom stereocenters. The fraction of sp³-hybridized carbons (Fsp3) is 0.222. The molecule has 0 bridgehead atoms. The van der Waals surface area contributed by atoms with Gasteiger partial charge < -0.3 is 15.4 Å². The van der Waals surface area contributed by atoms with Gasteiger partial charge in [0.25, 0.3) is 0 Å². The number of anilines is 2. The lowest BCUT2D eigenvalue weighted by Crippen LogP contribution is -2.32. The Labute approximate surface area is 86.2 Å². The lowest BCUT2D eigenvalue weighted by Gasteiger charge is -2.14. The van der Waals surface area contributed by atoms with E-state index in [0.717, 1.165) is 12.0 Å². The number of ether oxygens (including phenoxy) is 1. The number of carbonyl (C=O) groups is 1. The van der Waals surface area contributed by atoms with Gasteiger partial charge in [0.05, 0.1) is 16.4 Å². The number of hydrogen-bond acceptors (Lipinski definition) is 4. The molecular formula is C9H9ClN2O2. The van der Waals surface area contributed by atoms with Crippen molar-refractivity contribution in [2.45, 2.75) is 6.23 Å². The fourth-order valence-electron chi connectivity index (χ4n) is 1.39. The summed E-state index contributed by atoms with van der Waals surface area (Å²) in [6.45, 7) is 0. The zero-order valence-electron chi connectivity index (χ0n) is 7.53. The number of nitrogens with two attached hydrogens (primary N) is 1. The molecule has 1 aliphatic heterocycles. The molecule has 0 saturated carbocycles. The van der Waals surface area contributed by atoms with Crippen LogP contribution in [0.3, 0.4) is 0 Å². The van der Waals surface area contributed by atoms with E-state index in [1.807, 2.05) is 0 Å². The summed E-state index contributed by atoms with van der Waals surface area (Å²) in [5, 5.41) is 0.464. The van der Waals surface area contributed by atoms with Crippen molar-refractivity contribution < 1.29 is 9.53 Å². The highest BCUT2D eigenvalue weighted by molar-refractivity contribution is 6.33. The summed E-state index contributed by atoms with van der Waals surface area (Å²) in [7, 11) is 1.76. The molecule has 0 aliphatic carbocycles. The molecule has 74 valence electrons. The standard InChI is InChI=1S/C9H9ClN2O2/c1-12-7-2-5(10)6(11)3-8(7)14-9(12)4-13/h2-4,9H,11H2,1H3. The van der Waals surface area contributed by atoms with Crippen LogP contribution >= 0.6 is 11.6 Å². The van der Waals surface area contributed by atoms with Crippen molar-refractivity contribution >= 4 is 29.3 Å². The van der Waals surface area contributed by atoms with Crippen LogP contribution in [0.5, 0.6) is 5.75 Å². The Morgan fingerprint density at radius 2 is 2.36 bits per heavy atom. The van der Waals surface area contributed by atoms with E-state index >= 15 is 0 Å². The molecule has 1 heterocycles. The third-order valence-corrected chi connectivity index (χ3v) is 2.53. The van der Waals surface area contributed by atoms with E-state index in [-0.39, 0.29) is 0 Å². The molecule has 14 heavy (non-hydrogen) atoms. The van der Waals surface area contributed by atoms with Gasteiger partial charge in [-0.15, -0.1) is 0 Å². The maximum atomic E-state index is 10.6. The zero-order chi connectivity index (χ0) is 10.3. The van der Waals surface area contributed by atoms with Gasteiger partial charge in [-0.1, -0.05) is 11.6 Å². The van der Waals surface area contributed by atoms with Crippen LogP contribution in [0.25, 0.3) is 0 Å². The molecule has 0 spiro atoms. The van der Waals surface area contributed by atoms with Crippen molar-refractivity contribution in [2.24, 2.45) is 0 Å². The minimum Gasteiger partial charge on any atom is -0.461 e. The maximum absolute atomic E-state index is 10.6. The van der Waals surface area contributed by atoms with Crippen LogP contribution in [-0.2, 0) is 4.79 Å². The van der Waals surface area contributed by atoms with Gasteiger partial charge >= 0.3 is 0 Å². The van der Waals surface area contributed by atoms with Crippen molar-refractivity contribution in [3.05, 3.63) is 17.2 Å². The summed E-state index contributed by atoms with van der Waals surface area (Å²) in [5.74, 6) is 0.589. The summed E-state index contributed by atoms with van der Waals surface area (Å²) >= 11 is 5.85. The number of benzene rings is 1. The molecule has 2 rings (SSSR count). The lowest BCUT2D eigenvalue weighted by molar-refractivity contribution is -0.113. The summed E-state index contributed by atoms with van der Waals surface area (Å²) in [6, 6.07) is 3.31. The Kier molecular flexibility index (Phi) is 2.00. The molecule has 1 aromatic rings. The smallest absolute Gasteiger partial charge is 0.228 e. The van der Waals surface area contributed by atoms with Crippen molar-refractivity contribution in [3.63, 3.8) is 0 Å². The number of carbonyl (C=O) groups excluding carboxylic acids is 1. The highest BCUT2D eigenvalue weighted by Gasteiger charge is 2.28. The normalized spacial score (nSPS) is 19.0. The van der Waals surface area contributed by atoms with Gasteiger partial charge in [-0.05, 0) is 6.07 Å². The minimum atomic E-state index is -0.581. The van der Waals surface area contributed by atoms with E-state index in [2.05, 4.69) is 0 Å². The van der Waals surface area contributed by atoms with E-state index in [1.165, 1.54) is 0 Å². The van der Waals surface area contributed by atoms with Gasteiger partial charge in [-0.2, -0.15) is 0 Å². The Morgan fingerprint density at radius 3 is 3.00 bits per heavy atom. The van der Waals surface area contributed by atoms with Crippen LogP contribution in [0.2, 0.25) is 5.02 Å². The summed E-state index contributed by atoms with van der Waals surface area (Å²) in [4.78, 5) is 12.3. The first-order chi connectivity index (χ1) is 6.63. The number of likely N-dealkylation sites (N-methyl/N-ethyl adjacent to an activating group) is 1. The highest BCUT2D eigenvalue weighted by Crippen LogP contribution is 2.40. The van der Waals surface area contributed by atoms with Gasteiger partial charge in [0.15, 0.2) is 6.29 Å². The lowest BCUT2D eigenvalue weighted by atomic mass is 10.2. The molecule has 0 fully saturated rings. The monoisotopic (exact) mass is 212 g/mol. The topological polar surface area (TPSA) is 55.6 Å². The number of nitrogens with zero attached hydrogens (tertiary/aromatic N) is 1. The summed E-state index contributed by atoms with van der Waals surface area (Å²) in [6.07, 6.45) is 0.146. The van der Waals surface area contributed by atoms with Crippen LogP contribution in [0.15, 0.2) is 12.1 Å². The number of hydrogen-bond donors (Lipinski definition) is 1. The molecule has 0 amide bonds. The summed E-state index contributed by atoms with van der Waals surface area (Å²) < 4.78 is 5.32. The zero-order valence-corrected chi connectivity index (χ0v) is 8.28. The van der Waals surface area contributed by atoms with Gasteiger partial charge in [0.1, 0.15) is 5.75 Å². The van der Waals surface area contributed by atoms with Gasteiger partial charge in [-0.3, -0.25) is 4.79 Å². The molecule has 1 unspecified atom stereocenters. The van der Waals surface area contributed by atoms with E-state index in [0.29, 0.717) is 16.5 Å². The highest BCUT2D eigenvalue weighted by atomic mass is 35.5. The van der Waals surface area contributed by atoms with E-state index in [4.69, 9.17) is 22.1 Å². The van der Waals surface area contributed by atoms with Crippen LogP contribution in [0.4, 0.5) is 11.4 Å². The predicted molar refractivity (Wildman–Crippen MR) is 54.7 cm³/mol. The van der Waals surface area contributed by atoms with Crippen LogP contribution < -0.4 is 15.4 Å². The molecule has 2 N–H and O–H groups in total. The molecular weight excluding hydrogens is 204 g/mol. The Hall–Kier alpha value is -1.42. The van der Waals surface area contributed by atoms with Crippen molar-refractivity contribution in [1.82, 2.24) is 0 Å². The average molecular weight is 213 g/mol. The third-order valence-electron chi connectivity index (χ3n) is 2.20.